The van der Waals surface area contributed by atoms with Crippen LogP contribution in [-0.2, 0) is 4.79 Å². The van der Waals surface area contributed by atoms with Crippen LogP contribution in [0.3, 0.4) is 0 Å². The van der Waals surface area contributed by atoms with Gasteiger partial charge < -0.3 is 5.11 Å². The van der Waals surface area contributed by atoms with Crippen LogP contribution in [0.5, 0.6) is 0 Å². The van der Waals surface area contributed by atoms with E-state index >= 15 is 0 Å². The minimum Gasteiger partial charge on any atom is -0.503 e. The number of thiophene rings is 1. The van der Waals surface area contributed by atoms with E-state index in [1.165, 1.54) is 27.6 Å². The van der Waals surface area contributed by atoms with E-state index in [2.05, 4.69) is 4.98 Å². The maximum absolute atomic E-state index is 13.2. The maximum Gasteiger partial charge on any atom is 0.296 e. The molecule has 0 saturated heterocycles. The van der Waals surface area contributed by atoms with Gasteiger partial charge in [-0.25, -0.2) is 4.98 Å². The Kier molecular flexibility index (Phi) is 4.49. The van der Waals surface area contributed by atoms with Crippen molar-refractivity contribution < 1.29 is 14.7 Å². The number of nitrogens with zero attached hydrogens (tertiary/aromatic N) is 2. The van der Waals surface area contributed by atoms with Crippen molar-refractivity contribution in [3.05, 3.63) is 93.4 Å². The molecule has 5 rings (SSSR count). The van der Waals surface area contributed by atoms with E-state index in [9.17, 15) is 14.7 Å². The number of Topliss-reactive ketones (excluding diaryl/α,β-unsaturated/α-hetero) is 1. The summed E-state index contributed by atoms with van der Waals surface area (Å²) >= 11 is 2.65. The molecule has 4 aromatic rings. The highest BCUT2D eigenvalue weighted by atomic mass is 32.1. The zero-order valence-electron chi connectivity index (χ0n) is 15.9. The molecule has 2 aromatic heterocycles. The minimum atomic E-state index is -0.741. The zero-order chi connectivity index (χ0) is 20.8. The molecule has 7 heteroatoms. The fourth-order valence-electron chi connectivity index (χ4n) is 3.65. The van der Waals surface area contributed by atoms with E-state index in [1.54, 1.807) is 17.5 Å². The van der Waals surface area contributed by atoms with E-state index in [1.807, 2.05) is 55.5 Å². The lowest BCUT2D eigenvalue weighted by Crippen LogP contribution is -2.30. The highest BCUT2D eigenvalue weighted by molar-refractivity contribution is 7.22. The van der Waals surface area contributed by atoms with Gasteiger partial charge in [0, 0.05) is 0 Å². The molecule has 0 radical (unpaired) electrons. The number of carbonyl (C=O) groups is 2. The van der Waals surface area contributed by atoms with Gasteiger partial charge in [-0.1, -0.05) is 53.8 Å². The normalized spacial score (nSPS) is 16.6. The second-order valence-corrected chi connectivity index (χ2v) is 8.98. The molecule has 0 fully saturated rings. The van der Waals surface area contributed by atoms with Crippen LogP contribution >= 0.6 is 22.7 Å². The predicted octanol–water partition coefficient (Wildman–Crippen LogP) is 5.45. The summed E-state index contributed by atoms with van der Waals surface area (Å²) in [6.45, 7) is 2.00. The number of aliphatic hydroxyl groups is 1. The molecule has 3 heterocycles. The Morgan fingerprint density at radius 1 is 1.10 bits per heavy atom. The van der Waals surface area contributed by atoms with Crippen molar-refractivity contribution in [1.82, 2.24) is 4.98 Å². The van der Waals surface area contributed by atoms with E-state index in [-0.39, 0.29) is 11.4 Å². The molecule has 148 valence electrons. The summed E-state index contributed by atoms with van der Waals surface area (Å²) in [7, 11) is 0. The first-order chi connectivity index (χ1) is 14.5. The second-order valence-electron chi connectivity index (χ2n) is 7.02. The number of ketones is 1. The van der Waals surface area contributed by atoms with Gasteiger partial charge in [-0.2, -0.15) is 0 Å². The number of thiazole rings is 1. The van der Waals surface area contributed by atoms with Crippen LogP contribution in [0.1, 0.15) is 26.8 Å². The number of benzene rings is 2. The smallest absolute Gasteiger partial charge is 0.296 e. The fourth-order valence-corrected chi connectivity index (χ4v) is 5.42. The van der Waals surface area contributed by atoms with Crippen molar-refractivity contribution in [3.8, 4) is 0 Å². The molecule has 0 unspecified atom stereocenters. The van der Waals surface area contributed by atoms with Crippen molar-refractivity contribution in [2.75, 3.05) is 4.90 Å². The minimum absolute atomic E-state index is 0.0871. The number of hydrogen-bond donors (Lipinski definition) is 1. The Balaban J connectivity index is 1.68. The number of amides is 1. The molecule has 0 saturated carbocycles. The van der Waals surface area contributed by atoms with Crippen molar-refractivity contribution in [3.63, 3.8) is 0 Å². The largest absolute Gasteiger partial charge is 0.503 e. The second kappa shape index (κ2) is 7.19. The SMILES string of the molecule is Cc1ccc2nc(N3C(=O)C(O)=C(C(=O)c4cccs4)[C@H]3c3ccccc3)sc2c1. The van der Waals surface area contributed by atoms with Gasteiger partial charge in [0.25, 0.3) is 5.91 Å². The average molecular weight is 433 g/mol. The molecule has 1 N–H and O–H groups in total. The monoisotopic (exact) mass is 432 g/mol. The highest BCUT2D eigenvalue weighted by Gasteiger charge is 2.46. The van der Waals surface area contributed by atoms with Crippen molar-refractivity contribution in [2.45, 2.75) is 13.0 Å². The molecule has 0 spiro atoms. The van der Waals surface area contributed by atoms with E-state index in [0.29, 0.717) is 10.0 Å². The first-order valence-electron chi connectivity index (χ1n) is 9.31. The molecular formula is C23H16N2O3S2. The lowest BCUT2D eigenvalue weighted by atomic mass is 9.96. The standard InChI is InChI=1S/C23H16N2O3S2/c1-13-9-10-15-17(12-13)30-23(24-15)25-19(14-6-3-2-4-7-14)18(21(27)22(25)28)20(26)16-8-5-11-29-16/h2-12,19,27H,1H3/t19-/m1/s1. The molecule has 5 nitrogen and oxygen atoms in total. The molecule has 1 aliphatic rings. The van der Waals surface area contributed by atoms with Gasteiger partial charge in [-0.15, -0.1) is 11.3 Å². The lowest BCUT2D eigenvalue weighted by Gasteiger charge is -2.24. The first-order valence-corrected chi connectivity index (χ1v) is 11.0. The van der Waals surface area contributed by atoms with Crippen LogP contribution < -0.4 is 4.90 Å². The Bertz CT molecular complexity index is 1310. The third-order valence-corrected chi connectivity index (χ3v) is 6.94. The lowest BCUT2D eigenvalue weighted by molar-refractivity contribution is -0.117. The van der Waals surface area contributed by atoms with Crippen LogP contribution in [0.2, 0.25) is 0 Å². The molecule has 0 bridgehead atoms. The molecular weight excluding hydrogens is 416 g/mol. The number of rotatable bonds is 4. The average Bonchev–Trinajstić information content (AvgIpc) is 3.47. The van der Waals surface area contributed by atoms with E-state index in [4.69, 9.17) is 0 Å². The third kappa shape index (κ3) is 2.94. The molecule has 30 heavy (non-hydrogen) atoms. The summed E-state index contributed by atoms with van der Waals surface area (Å²) in [6, 6.07) is 17.9. The van der Waals surface area contributed by atoms with Crippen molar-refractivity contribution in [1.29, 1.82) is 0 Å². The summed E-state index contributed by atoms with van der Waals surface area (Å²) in [5.74, 6) is -1.47. The number of hydrogen-bond acceptors (Lipinski definition) is 6. The zero-order valence-corrected chi connectivity index (χ0v) is 17.5. The van der Waals surface area contributed by atoms with Gasteiger partial charge in [0.05, 0.1) is 26.7 Å². The summed E-state index contributed by atoms with van der Waals surface area (Å²) in [5.41, 5.74) is 2.70. The maximum atomic E-state index is 13.2. The van der Waals surface area contributed by atoms with E-state index in [0.717, 1.165) is 21.3 Å². The van der Waals surface area contributed by atoms with Gasteiger partial charge in [0.1, 0.15) is 0 Å². The van der Waals surface area contributed by atoms with Gasteiger partial charge in [-0.3, -0.25) is 14.5 Å². The third-order valence-electron chi connectivity index (χ3n) is 5.05. The molecule has 1 atom stereocenters. The summed E-state index contributed by atoms with van der Waals surface area (Å²) in [4.78, 5) is 32.9. The number of aromatic nitrogens is 1. The molecule has 2 aromatic carbocycles. The summed E-state index contributed by atoms with van der Waals surface area (Å²) in [6.07, 6.45) is 0. The molecule has 1 aliphatic heterocycles. The number of carbonyl (C=O) groups excluding carboxylic acids is 2. The number of fused-ring (bicyclic) bond motifs is 1. The highest BCUT2D eigenvalue weighted by Crippen LogP contribution is 2.44. The van der Waals surface area contributed by atoms with E-state index < -0.39 is 17.7 Å². The van der Waals surface area contributed by atoms with Crippen molar-refractivity contribution in [2.24, 2.45) is 0 Å². The molecule has 0 aliphatic carbocycles. The topological polar surface area (TPSA) is 70.5 Å². The summed E-state index contributed by atoms with van der Waals surface area (Å²) in [5, 5.41) is 13.0. The quantitative estimate of drug-likeness (QED) is 0.435. The molecule has 1 amide bonds. The van der Waals surface area contributed by atoms with Crippen LogP contribution in [0.25, 0.3) is 10.2 Å². The Labute approximate surface area is 180 Å². The Morgan fingerprint density at radius 3 is 2.63 bits per heavy atom. The van der Waals surface area contributed by atoms with Crippen LogP contribution in [0.4, 0.5) is 5.13 Å². The summed E-state index contributed by atoms with van der Waals surface area (Å²) < 4.78 is 0.946. The van der Waals surface area contributed by atoms with Crippen LogP contribution in [-0.4, -0.2) is 21.8 Å². The van der Waals surface area contributed by atoms with Gasteiger partial charge in [-0.05, 0) is 41.6 Å². The van der Waals surface area contributed by atoms with Gasteiger partial charge >= 0.3 is 0 Å². The predicted molar refractivity (Wildman–Crippen MR) is 119 cm³/mol. The number of anilines is 1. The first kappa shape index (κ1) is 18.7. The van der Waals surface area contributed by atoms with Crippen LogP contribution in [0, 0.1) is 6.92 Å². The Hall–Kier alpha value is -3.29. The van der Waals surface area contributed by atoms with Crippen LogP contribution in [0.15, 0.2) is 77.4 Å². The fraction of sp³-hybridized carbons (Fsp3) is 0.0870. The number of aliphatic hydroxyl groups excluding tert-OH is 1. The van der Waals surface area contributed by atoms with Gasteiger partial charge in [0.15, 0.2) is 10.9 Å². The van der Waals surface area contributed by atoms with Crippen molar-refractivity contribution >= 4 is 49.7 Å². The van der Waals surface area contributed by atoms with Gasteiger partial charge in [0.2, 0.25) is 5.78 Å². The number of aryl methyl sites for hydroxylation is 1. The Morgan fingerprint density at radius 2 is 1.90 bits per heavy atom.